The molecule has 0 spiro atoms. The summed E-state index contributed by atoms with van der Waals surface area (Å²) in [4.78, 5) is 2.62. The molecule has 3 rings (SSSR count). The van der Waals surface area contributed by atoms with E-state index in [1.165, 1.54) is 37.9 Å². The summed E-state index contributed by atoms with van der Waals surface area (Å²) in [6.07, 6.45) is 4.18. The molecule has 68 valence electrons. The second-order valence-electron chi connectivity index (χ2n) is 4.28. The van der Waals surface area contributed by atoms with E-state index in [-0.39, 0.29) is 0 Å². The summed E-state index contributed by atoms with van der Waals surface area (Å²) in [5, 5.41) is 0. The van der Waals surface area contributed by atoms with E-state index in [2.05, 4.69) is 35.2 Å². The molecule has 2 atom stereocenters. The summed E-state index contributed by atoms with van der Waals surface area (Å²) in [7, 11) is 0. The highest BCUT2D eigenvalue weighted by Gasteiger charge is 2.53. The molecule has 1 aromatic rings. The molecule has 2 heterocycles. The average Bonchev–Trinajstić information content (AvgIpc) is 2.94. The summed E-state index contributed by atoms with van der Waals surface area (Å²) in [6, 6.07) is 11.0. The Bertz CT molecular complexity index is 306. The molecule has 0 saturated carbocycles. The molecule has 1 heteroatoms. The van der Waals surface area contributed by atoms with Crippen molar-refractivity contribution in [2.24, 2.45) is 0 Å². The van der Waals surface area contributed by atoms with Crippen LogP contribution in [0.25, 0.3) is 0 Å². The molecule has 2 aliphatic heterocycles. The maximum Gasteiger partial charge on any atom is 0.0589 e. The van der Waals surface area contributed by atoms with Gasteiger partial charge in [0.15, 0.2) is 0 Å². The van der Waals surface area contributed by atoms with Crippen molar-refractivity contribution in [3.63, 3.8) is 0 Å². The molecule has 1 aromatic carbocycles. The van der Waals surface area contributed by atoms with Crippen molar-refractivity contribution in [2.75, 3.05) is 13.1 Å². The molecule has 2 fully saturated rings. The van der Waals surface area contributed by atoms with Crippen molar-refractivity contribution in [1.29, 1.82) is 0 Å². The van der Waals surface area contributed by atoms with Gasteiger partial charge in [0.25, 0.3) is 0 Å². The van der Waals surface area contributed by atoms with Gasteiger partial charge in [-0.3, -0.25) is 4.90 Å². The van der Waals surface area contributed by atoms with Crippen LogP contribution in [0.4, 0.5) is 0 Å². The fraction of sp³-hybridized carbons (Fsp3) is 0.500. The minimum absolute atomic E-state index is 0.472. The van der Waals surface area contributed by atoms with Crippen LogP contribution in [0, 0.1) is 0 Å². The Labute approximate surface area is 79.4 Å². The SMILES string of the molecule is c1ccc(C23CCCCN2C3)cc1. The Morgan fingerprint density at radius 1 is 1.08 bits per heavy atom. The fourth-order valence-corrected chi connectivity index (χ4v) is 2.70. The molecule has 13 heavy (non-hydrogen) atoms. The molecule has 2 aliphatic rings. The minimum Gasteiger partial charge on any atom is -0.290 e. The van der Waals surface area contributed by atoms with E-state index < -0.39 is 0 Å². The number of benzene rings is 1. The monoisotopic (exact) mass is 173 g/mol. The van der Waals surface area contributed by atoms with E-state index in [9.17, 15) is 0 Å². The van der Waals surface area contributed by atoms with Crippen LogP contribution >= 0.6 is 0 Å². The Balaban J connectivity index is 1.94. The van der Waals surface area contributed by atoms with Crippen molar-refractivity contribution in [3.8, 4) is 0 Å². The van der Waals surface area contributed by atoms with Crippen molar-refractivity contribution < 1.29 is 0 Å². The van der Waals surface area contributed by atoms with Crippen LogP contribution < -0.4 is 0 Å². The van der Waals surface area contributed by atoms with Crippen molar-refractivity contribution in [2.45, 2.75) is 24.8 Å². The third-order valence-corrected chi connectivity index (χ3v) is 3.53. The lowest BCUT2D eigenvalue weighted by Gasteiger charge is -2.22. The van der Waals surface area contributed by atoms with Crippen LogP contribution in [0.3, 0.4) is 0 Å². The molecular weight excluding hydrogens is 158 g/mol. The van der Waals surface area contributed by atoms with Crippen molar-refractivity contribution >= 4 is 0 Å². The molecule has 0 aliphatic carbocycles. The number of piperidine rings is 1. The summed E-state index contributed by atoms with van der Waals surface area (Å²) in [5.41, 5.74) is 2.01. The lowest BCUT2D eigenvalue weighted by Crippen LogP contribution is -2.21. The van der Waals surface area contributed by atoms with Gasteiger partial charge in [0, 0.05) is 6.54 Å². The van der Waals surface area contributed by atoms with Gasteiger partial charge in [-0.05, 0) is 31.4 Å². The van der Waals surface area contributed by atoms with E-state index in [0.717, 1.165) is 0 Å². The molecule has 2 saturated heterocycles. The molecule has 1 nitrogen and oxygen atoms in total. The van der Waals surface area contributed by atoms with Gasteiger partial charge >= 0.3 is 0 Å². The Kier molecular flexibility index (Phi) is 1.50. The highest BCUT2D eigenvalue weighted by molar-refractivity contribution is 5.31. The van der Waals surface area contributed by atoms with Gasteiger partial charge in [0.05, 0.1) is 5.54 Å². The van der Waals surface area contributed by atoms with Gasteiger partial charge in [0.1, 0.15) is 0 Å². The first kappa shape index (κ1) is 7.57. The van der Waals surface area contributed by atoms with E-state index >= 15 is 0 Å². The number of fused-ring (bicyclic) bond motifs is 1. The average molecular weight is 173 g/mol. The second kappa shape index (κ2) is 2.58. The highest BCUT2D eigenvalue weighted by atomic mass is 15.4. The predicted octanol–water partition coefficient (Wildman–Crippen LogP) is 2.38. The third-order valence-electron chi connectivity index (χ3n) is 3.53. The van der Waals surface area contributed by atoms with Crippen LogP contribution in [-0.4, -0.2) is 18.0 Å². The van der Waals surface area contributed by atoms with E-state index in [1.807, 2.05) is 0 Å². The number of nitrogens with zero attached hydrogens (tertiary/aromatic N) is 1. The van der Waals surface area contributed by atoms with Crippen LogP contribution in [0.1, 0.15) is 24.8 Å². The maximum absolute atomic E-state index is 2.62. The number of rotatable bonds is 1. The van der Waals surface area contributed by atoms with Gasteiger partial charge in [0.2, 0.25) is 0 Å². The van der Waals surface area contributed by atoms with E-state index in [0.29, 0.717) is 5.54 Å². The molecule has 0 N–H and O–H groups in total. The van der Waals surface area contributed by atoms with Crippen molar-refractivity contribution in [1.82, 2.24) is 4.90 Å². The molecule has 0 aromatic heterocycles. The zero-order valence-corrected chi connectivity index (χ0v) is 7.87. The molecule has 0 bridgehead atoms. The Morgan fingerprint density at radius 3 is 2.69 bits per heavy atom. The molecule has 0 amide bonds. The van der Waals surface area contributed by atoms with Gasteiger partial charge < -0.3 is 0 Å². The summed E-state index contributed by atoms with van der Waals surface area (Å²) in [6.45, 7) is 2.62. The van der Waals surface area contributed by atoms with E-state index in [4.69, 9.17) is 0 Å². The molecular formula is C12H15N. The second-order valence-corrected chi connectivity index (χ2v) is 4.28. The fourth-order valence-electron chi connectivity index (χ4n) is 2.70. The summed E-state index contributed by atoms with van der Waals surface area (Å²) in [5.74, 6) is 0. The van der Waals surface area contributed by atoms with Gasteiger partial charge in [-0.25, -0.2) is 0 Å². The standard InChI is InChI=1S/C12H15N/c1-2-6-11(7-3-1)12-8-4-5-9-13(12)10-12/h1-3,6-7H,4-5,8-10H2. The first-order valence-electron chi connectivity index (χ1n) is 5.22. The predicted molar refractivity (Wildman–Crippen MR) is 53.5 cm³/mol. The molecule has 0 radical (unpaired) electrons. The quantitative estimate of drug-likeness (QED) is 0.589. The van der Waals surface area contributed by atoms with Gasteiger partial charge in [-0.2, -0.15) is 0 Å². The smallest absolute Gasteiger partial charge is 0.0589 e. The van der Waals surface area contributed by atoms with Crippen LogP contribution in [-0.2, 0) is 5.54 Å². The van der Waals surface area contributed by atoms with Crippen LogP contribution in [0.2, 0.25) is 0 Å². The van der Waals surface area contributed by atoms with Crippen molar-refractivity contribution in [3.05, 3.63) is 35.9 Å². The first-order valence-corrected chi connectivity index (χ1v) is 5.22. The zero-order valence-electron chi connectivity index (χ0n) is 7.87. The van der Waals surface area contributed by atoms with E-state index in [1.54, 1.807) is 0 Å². The Morgan fingerprint density at radius 2 is 1.92 bits per heavy atom. The van der Waals surface area contributed by atoms with Gasteiger partial charge in [-0.15, -0.1) is 0 Å². The topological polar surface area (TPSA) is 3.01 Å². The third kappa shape index (κ3) is 1.03. The maximum atomic E-state index is 2.62. The highest BCUT2D eigenvalue weighted by Crippen LogP contribution is 2.49. The summed E-state index contributed by atoms with van der Waals surface area (Å²) >= 11 is 0. The zero-order chi connectivity index (χ0) is 8.73. The number of hydrogen-bond donors (Lipinski definition) is 0. The normalized spacial score (nSPS) is 36.8. The lowest BCUT2D eigenvalue weighted by atomic mass is 9.91. The van der Waals surface area contributed by atoms with Crippen LogP contribution in [0.15, 0.2) is 30.3 Å². The lowest BCUT2D eigenvalue weighted by molar-refractivity contribution is 0.322. The summed E-state index contributed by atoms with van der Waals surface area (Å²) < 4.78 is 0. The minimum atomic E-state index is 0.472. The van der Waals surface area contributed by atoms with Gasteiger partial charge in [-0.1, -0.05) is 30.3 Å². The molecule has 2 unspecified atom stereocenters. The first-order chi connectivity index (χ1) is 6.42. The number of hydrogen-bond acceptors (Lipinski definition) is 1. The van der Waals surface area contributed by atoms with Crippen LogP contribution in [0.5, 0.6) is 0 Å². The Hall–Kier alpha value is -0.820. The largest absolute Gasteiger partial charge is 0.290 e.